The molecule has 0 spiro atoms. The van der Waals surface area contributed by atoms with E-state index in [4.69, 9.17) is 19.0 Å². The Balaban J connectivity index is 1.81. The van der Waals surface area contributed by atoms with E-state index >= 15 is 0 Å². The largest absolute Gasteiger partial charge is 0.461 e. The standard InChI is InChI=1S/C22H27N3O8S2/c1-12(26)31-9-13-10-35-20-16(19(28)25(20)17(13)21(29)33-22(2,3)4)23-18(27)15(24-32-11-30-5)14-7-6-8-34-14/h6-8,16,20H,9-11H2,1-5H3,(H,23,27)/t16-,20-/m1/s1. The summed E-state index contributed by atoms with van der Waals surface area (Å²) in [5, 5.41) is 7.80. The third-order valence-corrected chi connectivity index (χ3v) is 6.89. The number of esters is 2. The van der Waals surface area contributed by atoms with Gasteiger partial charge in [0, 0.05) is 25.4 Å². The molecule has 0 saturated carbocycles. The number of methoxy groups -OCH3 is 1. The summed E-state index contributed by atoms with van der Waals surface area (Å²) in [5.74, 6) is -1.98. The van der Waals surface area contributed by atoms with Gasteiger partial charge in [-0.25, -0.2) is 4.79 Å². The number of amides is 2. The molecule has 1 N–H and O–H groups in total. The topological polar surface area (TPSA) is 133 Å². The van der Waals surface area contributed by atoms with Crippen molar-refractivity contribution in [2.45, 2.75) is 44.7 Å². The van der Waals surface area contributed by atoms with Crippen molar-refractivity contribution in [2.75, 3.05) is 26.3 Å². The van der Waals surface area contributed by atoms with Crippen LogP contribution in [-0.2, 0) is 38.2 Å². The molecule has 2 amide bonds. The monoisotopic (exact) mass is 525 g/mol. The molecule has 0 radical (unpaired) electrons. The number of nitrogens with one attached hydrogen (secondary N) is 1. The molecule has 0 unspecified atom stereocenters. The second-order valence-electron chi connectivity index (χ2n) is 8.55. The van der Waals surface area contributed by atoms with Crippen LogP contribution in [-0.4, -0.2) is 77.6 Å². The molecular formula is C22H27N3O8S2. The number of β-lactam (4-membered cyclic amide) rings is 1. The smallest absolute Gasteiger partial charge is 0.355 e. The molecule has 35 heavy (non-hydrogen) atoms. The first-order valence-corrected chi connectivity index (χ1v) is 12.5. The third kappa shape index (κ3) is 6.41. The number of oxime groups is 1. The summed E-state index contributed by atoms with van der Waals surface area (Å²) < 4.78 is 15.4. The zero-order valence-electron chi connectivity index (χ0n) is 20.0. The van der Waals surface area contributed by atoms with Gasteiger partial charge in [-0.05, 0) is 32.2 Å². The second-order valence-corrected chi connectivity index (χ2v) is 10.6. The summed E-state index contributed by atoms with van der Waals surface area (Å²) in [6, 6.07) is 2.57. The lowest BCUT2D eigenvalue weighted by atomic mass is 10.0. The van der Waals surface area contributed by atoms with Gasteiger partial charge in [-0.1, -0.05) is 11.2 Å². The van der Waals surface area contributed by atoms with Gasteiger partial charge in [0.25, 0.3) is 11.8 Å². The highest BCUT2D eigenvalue weighted by Gasteiger charge is 2.55. The first-order valence-electron chi connectivity index (χ1n) is 10.6. The van der Waals surface area contributed by atoms with Gasteiger partial charge in [0.2, 0.25) is 6.79 Å². The van der Waals surface area contributed by atoms with Crippen molar-refractivity contribution < 1.29 is 38.2 Å². The number of thiophene rings is 1. The molecule has 2 atom stereocenters. The molecule has 3 heterocycles. The molecule has 2 aliphatic rings. The number of nitrogens with zero attached hydrogens (tertiary/aromatic N) is 2. The number of carbonyl (C=O) groups is 4. The zero-order chi connectivity index (χ0) is 25.8. The molecule has 13 heteroatoms. The van der Waals surface area contributed by atoms with Gasteiger partial charge >= 0.3 is 11.9 Å². The first kappa shape index (κ1) is 26.7. The quantitative estimate of drug-likeness (QED) is 0.128. The minimum Gasteiger partial charge on any atom is -0.461 e. The summed E-state index contributed by atoms with van der Waals surface area (Å²) in [6.07, 6.45) is 0. The Kier molecular flexibility index (Phi) is 8.56. The van der Waals surface area contributed by atoms with Gasteiger partial charge in [-0.3, -0.25) is 19.3 Å². The van der Waals surface area contributed by atoms with E-state index in [0.717, 1.165) is 0 Å². The average molecular weight is 526 g/mol. The molecule has 3 rings (SSSR count). The Morgan fingerprint density at radius 1 is 1.29 bits per heavy atom. The molecule has 1 aromatic heterocycles. The molecule has 1 fully saturated rings. The Morgan fingerprint density at radius 2 is 2.03 bits per heavy atom. The number of rotatable bonds is 9. The number of fused-ring (bicyclic) bond motifs is 1. The van der Waals surface area contributed by atoms with Crippen LogP contribution in [0.1, 0.15) is 32.6 Å². The van der Waals surface area contributed by atoms with Crippen LogP contribution >= 0.6 is 23.1 Å². The summed E-state index contributed by atoms with van der Waals surface area (Å²) in [5.41, 5.74) is -0.298. The number of hydrogen-bond donors (Lipinski definition) is 1. The highest BCUT2D eigenvalue weighted by molar-refractivity contribution is 8.00. The maximum Gasteiger partial charge on any atom is 0.355 e. The van der Waals surface area contributed by atoms with Crippen molar-refractivity contribution in [3.05, 3.63) is 33.7 Å². The number of thioether (sulfide) groups is 1. The normalized spacial score (nSPS) is 20.1. The van der Waals surface area contributed by atoms with Crippen molar-refractivity contribution in [1.29, 1.82) is 0 Å². The second kappa shape index (κ2) is 11.2. The van der Waals surface area contributed by atoms with E-state index in [2.05, 4.69) is 10.5 Å². The lowest BCUT2D eigenvalue weighted by Crippen LogP contribution is -2.71. The first-order chi connectivity index (χ1) is 16.5. The van der Waals surface area contributed by atoms with Crippen molar-refractivity contribution in [2.24, 2.45) is 5.16 Å². The summed E-state index contributed by atoms with van der Waals surface area (Å²) in [6.45, 7) is 6.11. The van der Waals surface area contributed by atoms with Crippen LogP contribution in [0, 0.1) is 0 Å². The van der Waals surface area contributed by atoms with Crippen molar-refractivity contribution in [3.8, 4) is 0 Å². The van der Waals surface area contributed by atoms with E-state index in [1.165, 1.54) is 42.0 Å². The van der Waals surface area contributed by atoms with Gasteiger partial charge in [-0.2, -0.15) is 0 Å². The molecule has 0 aliphatic carbocycles. The molecular weight excluding hydrogens is 498 g/mol. The maximum absolute atomic E-state index is 13.1. The fraction of sp³-hybridized carbons (Fsp3) is 0.500. The van der Waals surface area contributed by atoms with Crippen LogP contribution in [0.25, 0.3) is 0 Å². The van der Waals surface area contributed by atoms with Crippen molar-refractivity contribution in [1.82, 2.24) is 10.2 Å². The summed E-state index contributed by atoms with van der Waals surface area (Å²) in [4.78, 5) is 57.3. The van der Waals surface area contributed by atoms with Crippen molar-refractivity contribution in [3.63, 3.8) is 0 Å². The van der Waals surface area contributed by atoms with E-state index in [0.29, 0.717) is 16.2 Å². The van der Waals surface area contributed by atoms with Crippen LogP contribution < -0.4 is 5.32 Å². The molecule has 11 nitrogen and oxygen atoms in total. The number of ether oxygens (including phenoxy) is 3. The molecule has 1 saturated heterocycles. The van der Waals surface area contributed by atoms with Gasteiger partial charge in [0.15, 0.2) is 5.71 Å². The molecule has 0 bridgehead atoms. The van der Waals surface area contributed by atoms with Crippen LogP contribution in [0.5, 0.6) is 0 Å². The fourth-order valence-corrected chi connectivity index (χ4v) is 5.29. The van der Waals surface area contributed by atoms with Gasteiger partial charge in [0.1, 0.15) is 29.3 Å². The van der Waals surface area contributed by atoms with E-state index in [9.17, 15) is 19.2 Å². The Bertz CT molecular complexity index is 1050. The number of carbonyl (C=O) groups excluding carboxylic acids is 4. The summed E-state index contributed by atoms with van der Waals surface area (Å²) >= 11 is 2.63. The van der Waals surface area contributed by atoms with Gasteiger partial charge in [0.05, 0.1) is 4.88 Å². The zero-order valence-corrected chi connectivity index (χ0v) is 21.6. The predicted molar refractivity (Wildman–Crippen MR) is 128 cm³/mol. The highest BCUT2D eigenvalue weighted by Crippen LogP contribution is 2.41. The van der Waals surface area contributed by atoms with Gasteiger partial charge < -0.3 is 24.4 Å². The molecule has 190 valence electrons. The van der Waals surface area contributed by atoms with Crippen LogP contribution in [0.3, 0.4) is 0 Å². The Labute approximate surface area is 210 Å². The van der Waals surface area contributed by atoms with E-state index in [-0.39, 0.29) is 24.8 Å². The Hall–Kier alpha value is -2.90. The van der Waals surface area contributed by atoms with Gasteiger partial charge in [-0.15, -0.1) is 23.1 Å². The minimum absolute atomic E-state index is 0.00237. The Morgan fingerprint density at radius 3 is 2.63 bits per heavy atom. The molecule has 2 aliphatic heterocycles. The number of hydrogen-bond acceptors (Lipinski definition) is 11. The summed E-state index contributed by atoms with van der Waals surface area (Å²) in [7, 11) is 1.42. The molecule has 0 aromatic carbocycles. The maximum atomic E-state index is 13.1. The molecule has 1 aromatic rings. The van der Waals surface area contributed by atoms with Crippen LogP contribution in [0.15, 0.2) is 33.9 Å². The lowest BCUT2D eigenvalue weighted by molar-refractivity contribution is -0.159. The predicted octanol–water partition coefficient (Wildman–Crippen LogP) is 1.63. The van der Waals surface area contributed by atoms with Crippen LogP contribution in [0.2, 0.25) is 0 Å². The minimum atomic E-state index is -0.896. The third-order valence-electron chi connectivity index (χ3n) is 4.67. The van der Waals surface area contributed by atoms with Crippen LogP contribution in [0.4, 0.5) is 0 Å². The fourth-order valence-electron chi connectivity index (χ4n) is 3.26. The van der Waals surface area contributed by atoms with E-state index < -0.39 is 40.8 Å². The van der Waals surface area contributed by atoms with E-state index in [1.54, 1.807) is 38.3 Å². The SMILES string of the molecule is COCON=C(C(=O)N[C@@H]1C(=O)N2C(C(=O)OC(C)(C)C)=C(COC(C)=O)CS[C@H]12)c1cccs1. The lowest BCUT2D eigenvalue weighted by Gasteiger charge is -2.49. The van der Waals surface area contributed by atoms with E-state index in [1.807, 2.05) is 0 Å². The van der Waals surface area contributed by atoms with Crippen molar-refractivity contribution >= 4 is 52.6 Å². The highest BCUT2D eigenvalue weighted by atomic mass is 32.2. The average Bonchev–Trinajstić information content (AvgIpc) is 3.31.